The Kier molecular flexibility index (Phi) is 6.22. The van der Waals surface area contributed by atoms with Gasteiger partial charge in [0.15, 0.2) is 5.82 Å². The van der Waals surface area contributed by atoms with Gasteiger partial charge in [0, 0.05) is 28.7 Å². The minimum atomic E-state index is -0.306. The Hall–Kier alpha value is -4.06. The number of halogens is 1. The molecule has 4 aromatic rings. The summed E-state index contributed by atoms with van der Waals surface area (Å²) < 4.78 is 13.1. The molecular formula is C26H23FN4O. The molecule has 3 aromatic carbocycles. The fourth-order valence-corrected chi connectivity index (χ4v) is 3.17. The van der Waals surface area contributed by atoms with Crippen molar-refractivity contribution in [3.8, 4) is 11.4 Å². The number of anilines is 3. The molecule has 0 aliphatic carbocycles. The number of carbonyl (C=O) groups is 1. The van der Waals surface area contributed by atoms with Crippen molar-refractivity contribution >= 4 is 23.1 Å². The highest BCUT2D eigenvalue weighted by Gasteiger charge is 2.08. The summed E-state index contributed by atoms with van der Waals surface area (Å²) in [5.41, 5.74) is 4.05. The van der Waals surface area contributed by atoms with Crippen molar-refractivity contribution in [2.75, 3.05) is 10.6 Å². The summed E-state index contributed by atoms with van der Waals surface area (Å²) in [6.07, 6.45) is 1.64. The maximum Gasteiger partial charge on any atom is 0.255 e. The number of rotatable bonds is 6. The van der Waals surface area contributed by atoms with Gasteiger partial charge >= 0.3 is 0 Å². The van der Waals surface area contributed by atoms with Gasteiger partial charge in [0.05, 0.1) is 0 Å². The monoisotopic (exact) mass is 426 g/mol. The van der Waals surface area contributed by atoms with Gasteiger partial charge in [0.2, 0.25) is 0 Å². The molecule has 0 saturated heterocycles. The molecule has 32 heavy (non-hydrogen) atoms. The van der Waals surface area contributed by atoms with E-state index in [2.05, 4.69) is 34.4 Å². The van der Waals surface area contributed by atoms with Crippen LogP contribution in [0.5, 0.6) is 0 Å². The fraction of sp³-hybridized carbons (Fsp3) is 0.115. The van der Waals surface area contributed by atoms with Crippen molar-refractivity contribution in [2.24, 2.45) is 0 Å². The lowest BCUT2D eigenvalue weighted by Gasteiger charge is -2.10. The average Bonchev–Trinajstić information content (AvgIpc) is 2.80. The largest absolute Gasteiger partial charge is 0.340 e. The Bertz CT molecular complexity index is 1200. The van der Waals surface area contributed by atoms with E-state index in [0.717, 1.165) is 16.9 Å². The van der Waals surface area contributed by atoms with Gasteiger partial charge in [0.1, 0.15) is 11.6 Å². The average molecular weight is 426 g/mol. The van der Waals surface area contributed by atoms with Crippen LogP contribution in [0.15, 0.2) is 85.1 Å². The zero-order valence-corrected chi connectivity index (χ0v) is 17.8. The van der Waals surface area contributed by atoms with Crippen LogP contribution in [-0.4, -0.2) is 15.9 Å². The van der Waals surface area contributed by atoms with Crippen LogP contribution in [0.4, 0.5) is 21.6 Å². The number of nitrogens with one attached hydrogen (secondary N) is 2. The van der Waals surface area contributed by atoms with E-state index in [1.165, 1.54) is 17.7 Å². The molecule has 1 amide bonds. The molecule has 2 N–H and O–H groups in total. The summed E-state index contributed by atoms with van der Waals surface area (Å²) in [4.78, 5) is 21.3. The highest BCUT2D eigenvalue weighted by Crippen LogP contribution is 2.21. The number of benzene rings is 3. The number of amides is 1. The number of hydrogen-bond acceptors (Lipinski definition) is 4. The topological polar surface area (TPSA) is 66.9 Å². The zero-order valence-electron chi connectivity index (χ0n) is 17.8. The molecule has 0 unspecified atom stereocenters. The molecule has 0 saturated carbocycles. The van der Waals surface area contributed by atoms with Crippen molar-refractivity contribution in [2.45, 2.75) is 19.8 Å². The summed E-state index contributed by atoms with van der Waals surface area (Å²) in [5.74, 6) is 1.06. The van der Waals surface area contributed by atoms with Crippen molar-refractivity contribution < 1.29 is 9.18 Å². The second-order valence-electron chi connectivity index (χ2n) is 7.71. The van der Waals surface area contributed by atoms with E-state index in [1.807, 2.05) is 36.4 Å². The van der Waals surface area contributed by atoms with Crippen LogP contribution in [0, 0.1) is 5.82 Å². The minimum absolute atomic E-state index is 0.172. The molecule has 0 radical (unpaired) electrons. The second-order valence-corrected chi connectivity index (χ2v) is 7.71. The Morgan fingerprint density at radius 3 is 2.16 bits per heavy atom. The van der Waals surface area contributed by atoms with Crippen LogP contribution in [0.3, 0.4) is 0 Å². The molecule has 1 heterocycles. The summed E-state index contributed by atoms with van der Waals surface area (Å²) in [7, 11) is 0. The van der Waals surface area contributed by atoms with Crippen molar-refractivity contribution in [3.63, 3.8) is 0 Å². The van der Waals surface area contributed by atoms with Gasteiger partial charge in [-0.15, -0.1) is 0 Å². The third kappa shape index (κ3) is 5.16. The maximum atomic E-state index is 13.1. The molecule has 160 valence electrons. The number of hydrogen-bond donors (Lipinski definition) is 2. The molecule has 0 spiro atoms. The van der Waals surface area contributed by atoms with Crippen LogP contribution in [0.25, 0.3) is 11.4 Å². The first-order valence-electron chi connectivity index (χ1n) is 10.4. The molecule has 0 fully saturated rings. The molecule has 4 rings (SSSR count). The Morgan fingerprint density at radius 2 is 1.50 bits per heavy atom. The van der Waals surface area contributed by atoms with E-state index < -0.39 is 0 Å². The van der Waals surface area contributed by atoms with Crippen LogP contribution in [-0.2, 0) is 0 Å². The summed E-state index contributed by atoms with van der Waals surface area (Å²) in [6, 6.07) is 22.8. The van der Waals surface area contributed by atoms with Crippen molar-refractivity contribution in [1.29, 1.82) is 0 Å². The standard InChI is InChI=1S/C26H23FN4O/c1-17(2)18-5-11-23(12-6-18)30-26(32)20-7-13-22(14-8-20)29-24-15-16-28-25(31-24)19-3-9-21(27)10-4-19/h3-17H,1-2H3,(H,30,32)(H,28,29,31). The lowest BCUT2D eigenvalue weighted by molar-refractivity contribution is 0.102. The smallest absolute Gasteiger partial charge is 0.255 e. The minimum Gasteiger partial charge on any atom is -0.340 e. The Labute approximate surface area is 186 Å². The highest BCUT2D eigenvalue weighted by atomic mass is 19.1. The van der Waals surface area contributed by atoms with Gasteiger partial charge in [-0.1, -0.05) is 26.0 Å². The van der Waals surface area contributed by atoms with Crippen LogP contribution < -0.4 is 10.6 Å². The van der Waals surface area contributed by atoms with Crippen molar-refractivity contribution in [1.82, 2.24) is 9.97 Å². The van der Waals surface area contributed by atoms with Crippen molar-refractivity contribution in [3.05, 3.63) is 102 Å². The second kappa shape index (κ2) is 9.39. The lowest BCUT2D eigenvalue weighted by atomic mass is 10.0. The van der Waals surface area contributed by atoms with Gasteiger partial charge < -0.3 is 10.6 Å². The van der Waals surface area contributed by atoms with Gasteiger partial charge in [-0.05, 0) is 78.2 Å². The highest BCUT2D eigenvalue weighted by molar-refractivity contribution is 6.04. The van der Waals surface area contributed by atoms with E-state index in [4.69, 9.17) is 0 Å². The van der Waals surface area contributed by atoms with Gasteiger partial charge in [-0.2, -0.15) is 0 Å². The van der Waals surface area contributed by atoms with Crippen LogP contribution in [0.2, 0.25) is 0 Å². The molecule has 1 aromatic heterocycles. The fourth-order valence-electron chi connectivity index (χ4n) is 3.17. The molecular weight excluding hydrogens is 403 g/mol. The zero-order chi connectivity index (χ0) is 22.5. The first-order valence-corrected chi connectivity index (χ1v) is 10.4. The Balaban J connectivity index is 1.42. The van der Waals surface area contributed by atoms with Gasteiger partial charge in [-0.3, -0.25) is 4.79 Å². The van der Waals surface area contributed by atoms with E-state index >= 15 is 0 Å². The van der Waals surface area contributed by atoms with E-state index in [1.54, 1.807) is 36.5 Å². The number of aromatic nitrogens is 2. The summed E-state index contributed by atoms with van der Waals surface area (Å²) in [6.45, 7) is 4.27. The SMILES string of the molecule is CC(C)c1ccc(NC(=O)c2ccc(Nc3ccnc(-c4ccc(F)cc4)n3)cc2)cc1. The van der Waals surface area contributed by atoms with Crippen LogP contribution >= 0.6 is 0 Å². The van der Waals surface area contributed by atoms with Gasteiger partial charge in [0.25, 0.3) is 5.91 Å². The van der Waals surface area contributed by atoms with E-state index in [-0.39, 0.29) is 11.7 Å². The number of nitrogens with zero attached hydrogens (tertiary/aromatic N) is 2. The Morgan fingerprint density at radius 1 is 0.844 bits per heavy atom. The van der Waals surface area contributed by atoms with E-state index in [0.29, 0.717) is 23.1 Å². The molecule has 0 bridgehead atoms. The summed E-state index contributed by atoms with van der Waals surface area (Å²) >= 11 is 0. The molecule has 0 aliphatic heterocycles. The lowest BCUT2D eigenvalue weighted by Crippen LogP contribution is -2.11. The third-order valence-electron chi connectivity index (χ3n) is 5.01. The van der Waals surface area contributed by atoms with Crippen LogP contribution in [0.1, 0.15) is 35.7 Å². The molecule has 0 atom stereocenters. The number of carbonyl (C=O) groups excluding carboxylic acids is 1. The molecule has 6 heteroatoms. The maximum absolute atomic E-state index is 13.1. The third-order valence-corrected chi connectivity index (χ3v) is 5.01. The molecule has 5 nitrogen and oxygen atoms in total. The predicted octanol–water partition coefficient (Wildman–Crippen LogP) is 6.40. The van der Waals surface area contributed by atoms with Gasteiger partial charge in [-0.25, -0.2) is 14.4 Å². The first kappa shape index (κ1) is 21.2. The molecule has 0 aliphatic rings. The summed E-state index contributed by atoms with van der Waals surface area (Å²) in [5, 5.41) is 6.12. The first-order chi connectivity index (χ1) is 15.5. The predicted molar refractivity (Wildman–Crippen MR) is 126 cm³/mol. The quantitative estimate of drug-likeness (QED) is 0.374. The van der Waals surface area contributed by atoms with E-state index in [9.17, 15) is 9.18 Å². The normalized spacial score (nSPS) is 10.8.